The zero-order valence-corrected chi connectivity index (χ0v) is 10.9. The van der Waals surface area contributed by atoms with Gasteiger partial charge in [0.15, 0.2) is 0 Å². The number of esters is 1. The van der Waals surface area contributed by atoms with Gasteiger partial charge in [-0.1, -0.05) is 36.9 Å². The number of carbonyl (C=O) groups excluding carboxylic acids is 1. The maximum Gasteiger partial charge on any atom is 0.374 e. The third kappa shape index (κ3) is 3.10. The lowest BCUT2D eigenvalue weighted by Crippen LogP contribution is -2.13. The molecule has 4 nitrogen and oxygen atoms in total. The standard InChI is InChI=1S/C15H16N2O2/c1-3-13-11-17(10-12-8-6-5-7-9-12)14(16-13)15(18)19-4-2/h3,5-9,11H,1,4,10H2,2H3. The molecule has 2 rings (SSSR count). The van der Waals surface area contributed by atoms with E-state index in [4.69, 9.17) is 4.74 Å². The third-order valence-electron chi connectivity index (χ3n) is 2.66. The van der Waals surface area contributed by atoms with Crippen LogP contribution in [0.4, 0.5) is 0 Å². The lowest BCUT2D eigenvalue weighted by atomic mass is 10.2. The average Bonchev–Trinajstić information content (AvgIpc) is 2.83. The summed E-state index contributed by atoms with van der Waals surface area (Å²) in [7, 11) is 0. The summed E-state index contributed by atoms with van der Waals surface area (Å²) in [5.41, 5.74) is 1.76. The number of benzene rings is 1. The SMILES string of the molecule is C=Cc1cn(Cc2ccccc2)c(C(=O)OCC)n1. The molecule has 0 fully saturated rings. The summed E-state index contributed by atoms with van der Waals surface area (Å²) >= 11 is 0. The summed E-state index contributed by atoms with van der Waals surface area (Å²) in [5, 5.41) is 0. The van der Waals surface area contributed by atoms with Crippen molar-refractivity contribution in [1.29, 1.82) is 0 Å². The van der Waals surface area contributed by atoms with E-state index in [1.165, 1.54) is 0 Å². The fourth-order valence-corrected chi connectivity index (χ4v) is 1.79. The molecule has 1 aromatic carbocycles. The molecule has 0 amide bonds. The molecule has 2 aromatic rings. The molecule has 98 valence electrons. The van der Waals surface area contributed by atoms with Crippen molar-refractivity contribution < 1.29 is 9.53 Å². The molecule has 0 atom stereocenters. The first kappa shape index (κ1) is 13.1. The highest BCUT2D eigenvalue weighted by Crippen LogP contribution is 2.10. The lowest BCUT2D eigenvalue weighted by Gasteiger charge is -2.06. The van der Waals surface area contributed by atoms with Crippen LogP contribution in [-0.2, 0) is 11.3 Å². The molecule has 0 aliphatic heterocycles. The summed E-state index contributed by atoms with van der Waals surface area (Å²) in [4.78, 5) is 16.1. The second-order valence-electron chi connectivity index (χ2n) is 4.03. The summed E-state index contributed by atoms with van der Waals surface area (Å²) in [5.74, 6) is -0.105. The van der Waals surface area contributed by atoms with Gasteiger partial charge in [0.05, 0.1) is 12.3 Å². The number of carbonyl (C=O) groups is 1. The van der Waals surface area contributed by atoms with Crippen LogP contribution in [0.15, 0.2) is 43.1 Å². The van der Waals surface area contributed by atoms with E-state index < -0.39 is 5.97 Å². The Morgan fingerprint density at radius 1 is 1.42 bits per heavy atom. The smallest absolute Gasteiger partial charge is 0.374 e. The zero-order valence-electron chi connectivity index (χ0n) is 10.9. The van der Waals surface area contributed by atoms with Gasteiger partial charge in [-0.25, -0.2) is 9.78 Å². The maximum absolute atomic E-state index is 11.8. The van der Waals surface area contributed by atoms with Gasteiger partial charge in [-0.05, 0) is 18.6 Å². The van der Waals surface area contributed by atoms with Gasteiger partial charge in [-0.2, -0.15) is 0 Å². The molecule has 4 heteroatoms. The van der Waals surface area contributed by atoms with E-state index in [-0.39, 0.29) is 0 Å². The van der Waals surface area contributed by atoms with Gasteiger partial charge in [0.1, 0.15) is 0 Å². The lowest BCUT2D eigenvalue weighted by molar-refractivity contribution is 0.0507. The van der Waals surface area contributed by atoms with E-state index in [2.05, 4.69) is 11.6 Å². The Hall–Kier alpha value is -2.36. The molecule has 1 heterocycles. The highest BCUT2D eigenvalue weighted by atomic mass is 16.5. The van der Waals surface area contributed by atoms with Crippen molar-refractivity contribution in [3.8, 4) is 0 Å². The van der Waals surface area contributed by atoms with Crippen LogP contribution < -0.4 is 0 Å². The van der Waals surface area contributed by atoms with Gasteiger partial charge >= 0.3 is 5.97 Å². The Balaban J connectivity index is 2.30. The van der Waals surface area contributed by atoms with Gasteiger partial charge in [-0.3, -0.25) is 0 Å². The van der Waals surface area contributed by atoms with Crippen molar-refractivity contribution >= 4 is 12.0 Å². The first-order valence-electron chi connectivity index (χ1n) is 6.15. The molecule has 0 aliphatic rings. The van der Waals surface area contributed by atoms with Crippen LogP contribution in [0.2, 0.25) is 0 Å². The first-order chi connectivity index (χ1) is 9.24. The molecule has 0 bridgehead atoms. The van der Waals surface area contributed by atoms with Gasteiger partial charge in [-0.15, -0.1) is 0 Å². The second-order valence-corrected chi connectivity index (χ2v) is 4.03. The molecule has 0 aliphatic carbocycles. The molecule has 0 radical (unpaired) electrons. The van der Waals surface area contributed by atoms with Crippen LogP contribution in [0.1, 0.15) is 28.8 Å². The molecule has 0 spiro atoms. The monoisotopic (exact) mass is 256 g/mol. The summed E-state index contributed by atoms with van der Waals surface area (Å²) in [6, 6.07) is 9.89. The van der Waals surface area contributed by atoms with Crippen molar-refractivity contribution in [2.75, 3.05) is 6.61 Å². The summed E-state index contributed by atoms with van der Waals surface area (Å²) in [6.45, 7) is 6.36. The number of rotatable bonds is 5. The minimum absolute atomic E-state index is 0.306. The fourth-order valence-electron chi connectivity index (χ4n) is 1.79. The van der Waals surface area contributed by atoms with Crippen molar-refractivity contribution in [2.24, 2.45) is 0 Å². The first-order valence-corrected chi connectivity index (χ1v) is 6.15. The van der Waals surface area contributed by atoms with E-state index >= 15 is 0 Å². The second kappa shape index (κ2) is 6.00. The number of ether oxygens (including phenoxy) is 1. The quantitative estimate of drug-likeness (QED) is 0.773. The Morgan fingerprint density at radius 2 is 2.16 bits per heavy atom. The van der Waals surface area contributed by atoms with Crippen LogP contribution in [0.25, 0.3) is 6.08 Å². The van der Waals surface area contributed by atoms with E-state index in [0.29, 0.717) is 24.7 Å². The normalized spacial score (nSPS) is 10.2. The maximum atomic E-state index is 11.8. The fraction of sp³-hybridized carbons (Fsp3) is 0.200. The molecule has 0 saturated carbocycles. The average molecular weight is 256 g/mol. The Kier molecular flexibility index (Phi) is 4.13. The van der Waals surface area contributed by atoms with Gasteiger partial charge in [0, 0.05) is 12.7 Å². The number of hydrogen-bond donors (Lipinski definition) is 0. The minimum Gasteiger partial charge on any atom is -0.460 e. The van der Waals surface area contributed by atoms with Crippen molar-refractivity contribution in [1.82, 2.24) is 9.55 Å². The van der Waals surface area contributed by atoms with E-state index in [0.717, 1.165) is 5.56 Å². The Labute approximate surface area is 112 Å². The predicted octanol–water partition coefficient (Wildman–Crippen LogP) is 2.75. The largest absolute Gasteiger partial charge is 0.460 e. The predicted molar refractivity (Wildman–Crippen MR) is 73.8 cm³/mol. The highest BCUT2D eigenvalue weighted by Gasteiger charge is 2.16. The van der Waals surface area contributed by atoms with Crippen molar-refractivity contribution in [3.63, 3.8) is 0 Å². The van der Waals surface area contributed by atoms with Gasteiger partial charge in [0.25, 0.3) is 0 Å². The van der Waals surface area contributed by atoms with Crippen LogP contribution in [-0.4, -0.2) is 22.1 Å². The number of nitrogens with zero attached hydrogens (tertiary/aromatic N) is 2. The molecule has 0 N–H and O–H groups in total. The Morgan fingerprint density at radius 3 is 2.79 bits per heavy atom. The molecule has 0 saturated heterocycles. The van der Waals surface area contributed by atoms with Crippen molar-refractivity contribution in [2.45, 2.75) is 13.5 Å². The number of hydrogen-bond acceptors (Lipinski definition) is 3. The van der Waals surface area contributed by atoms with Crippen LogP contribution >= 0.6 is 0 Å². The molecule has 1 aromatic heterocycles. The van der Waals surface area contributed by atoms with E-state index in [9.17, 15) is 4.79 Å². The van der Waals surface area contributed by atoms with Crippen LogP contribution in [0.3, 0.4) is 0 Å². The van der Waals surface area contributed by atoms with Gasteiger partial charge < -0.3 is 9.30 Å². The third-order valence-corrected chi connectivity index (χ3v) is 2.66. The minimum atomic E-state index is -0.411. The topological polar surface area (TPSA) is 44.1 Å². The van der Waals surface area contributed by atoms with Crippen molar-refractivity contribution in [3.05, 3.63) is 60.2 Å². The molecule has 0 unspecified atom stereocenters. The zero-order chi connectivity index (χ0) is 13.7. The summed E-state index contributed by atoms with van der Waals surface area (Å²) < 4.78 is 6.79. The molecular formula is C15H16N2O2. The van der Waals surface area contributed by atoms with Crippen LogP contribution in [0, 0.1) is 0 Å². The Bertz CT molecular complexity index is 573. The van der Waals surface area contributed by atoms with E-state index in [1.54, 1.807) is 23.8 Å². The van der Waals surface area contributed by atoms with Crippen LogP contribution in [0.5, 0.6) is 0 Å². The van der Waals surface area contributed by atoms with E-state index in [1.807, 2.05) is 30.3 Å². The summed E-state index contributed by atoms with van der Waals surface area (Å²) in [6.07, 6.45) is 3.41. The highest BCUT2D eigenvalue weighted by molar-refractivity contribution is 5.86. The number of imidazole rings is 1. The number of aromatic nitrogens is 2. The van der Waals surface area contributed by atoms with Gasteiger partial charge in [0.2, 0.25) is 5.82 Å². The molecule has 19 heavy (non-hydrogen) atoms. The molecular weight excluding hydrogens is 240 g/mol.